The molecule has 2 aromatic carbocycles. The first-order chi connectivity index (χ1) is 11.8. The van der Waals surface area contributed by atoms with Crippen molar-refractivity contribution in [2.75, 3.05) is 11.4 Å². The first kappa shape index (κ1) is 18.6. The number of halogens is 1. The van der Waals surface area contributed by atoms with Gasteiger partial charge >= 0.3 is 0 Å². The third-order valence-corrected chi connectivity index (χ3v) is 3.86. The average Bonchev–Trinajstić information content (AvgIpc) is 2.53. The van der Waals surface area contributed by atoms with Crippen LogP contribution in [0.25, 0.3) is 0 Å². The van der Waals surface area contributed by atoms with Crippen LogP contribution >= 0.6 is 0 Å². The summed E-state index contributed by atoms with van der Waals surface area (Å²) in [6.45, 7) is 6.10. The number of rotatable bonds is 6. The SMILES string of the molecule is CC(=O)N(CCC(=O)NCc1ccc(F)cc1)c1cc(C)cc(C)c1. The van der Waals surface area contributed by atoms with Gasteiger partial charge in [0.1, 0.15) is 5.82 Å². The Morgan fingerprint density at radius 1 is 1.04 bits per heavy atom. The number of hydrogen-bond donors (Lipinski definition) is 1. The van der Waals surface area contributed by atoms with Crippen molar-refractivity contribution in [2.45, 2.75) is 33.7 Å². The molecular formula is C20H23FN2O2. The lowest BCUT2D eigenvalue weighted by atomic mass is 10.1. The van der Waals surface area contributed by atoms with Crippen molar-refractivity contribution in [3.05, 3.63) is 65.0 Å². The molecule has 2 aromatic rings. The van der Waals surface area contributed by atoms with Gasteiger partial charge in [0.25, 0.3) is 0 Å². The van der Waals surface area contributed by atoms with E-state index in [9.17, 15) is 14.0 Å². The van der Waals surface area contributed by atoms with Gasteiger partial charge in [-0.05, 0) is 54.8 Å². The van der Waals surface area contributed by atoms with Crippen LogP contribution in [0, 0.1) is 19.7 Å². The molecule has 0 saturated heterocycles. The summed E-state index contributed by atoms with van der Waals surface area (Å²) in [5.41, 5.74) is 3.77. The minimum absolute atomic E-state index is 0.101. The van der Waals surface area contributed by atoms with Gasteiger partial charge in [0.15, 0.2) is 0 Å². The van der Waals surface area contributed by atoms with Gasteiger partial charge in [-0.15, -0.1) is 0 Å². The highest BCUT2D eigenvalue weighted by Crippen LogP contribution is 2.19. The molecule has 5 heteroatoms. The van der Waals surface area contributed by atoms with Crippen molar-refractivity contribution < 1.29 is 14.0 Å². The Kier molecular flexibility index (Phi) is 6.28. The Morgan fingerprint density at radius 3 is 2.20 bits per heavy atom. The highest BCUT2D eigenvalue weighted by Gasteiger charge is 2.14. The topological polar surface area (TPSA) is 49.4 Å². The third-order valence-electron chi connectivity index (χ3n) is 3.86. The number of anilines is 1. The van der Waals surface area contributed by atoms with E-state index in [1.165, 1.54) is 19.1 Å². The lowest BCUT2D eigenvalue weighted by molar-refractivity contribution is -0.121. The van der Waals surface area contributed by atoms with Gasteiger partial charge in [-0.1, -0.05) is 18.2 Å². The molecule has 0 fully saturated rings. The fourth-order valence-corrected chi connectivity index (χ4v) is 2.68. The number of benzene rings is 2. The average molecular weight is 342 g/mol. The number of carbonyl (C=O) groups is 2. The molecule has 0 aliphatic carbocycles. The molecule has 0 aliphatic heterocycles. The summed E-state index contributed by atoms with van der Waals surface area (Å²) in [6.07, 6.45) is 0.202. The third kappa shape index (κ3) is 5.71. The predicted octanol–water partition coefficient (Wildman–Crippen LogP) is 3.50. The number of hydrogen-bond acceptors (Lipinski definition) is 2. The molecule has 0 saturated carbocycles. The van der Waals surface area contributed by atoms with Crippen LogP contribution in [0.4, 0.5) is 10.1 Å². The number of nitrogens with zero attached hydrogens (tertiary/aromatic N) is 1. The molecule has 0 heterocycles. The number of nitrogens with one attached hydrogen (secondary N) is 1. The van der Waals surface area contributed by atoms with Crippen molar-refractivity contribution in [1.29, 1.82) is 0 Å². The summed E-state index contributed by atoms with van der Waals surface area (Å²) in [7, 11) is 0. The number of amides is 2. The molecule has 132 valence electrons. The maximum Gasteiger partial charge on any atom is 0.223 e. The van der Waals surface area contributed by atoms with Gasteiger partial charge in [-0.25, -0.2) is 4.39 Å². The molecule has 4 nitrogen and oxygen atoms in total. The van der Waals surface area contributed by atoms with Crippen LogP contribution in [0.3, 0.4) is 0 Å². The molecular weight excluding hydrogens is 319 g/mol. The molecule has 0 spiro atoms. The standard InChI is InChI=1S/C20H23FN2O2/c1-14-10-15(2)12-19(11-14)23(16(3)24)9-8-20(25)22-13-17-4-6-18(21)7-5-17/h4-7,10-12H,8-9,13H2,1-3H3,(H,22,25). The maximum atomic E-state index is 12.9. The van der Waals surface area contributed by atoms with E-state index in [2.05, 4.69) is 5.32 Å². The van der Waals surface area contributed by atoms with Crippen LogP contribution in [0.2, 0.25) is 0 Å². The van der Waals surface area contributed by atoms with Crippen LogP contribution < -0.4 is 10.2 Å². The second-order valence-electron chi connectivity index (χ2n) is 6.17. The highest BCUT2D eigenvalue weighted by molar-refractivity contribution is 5.92. The molecule has 0 unspecified atom stereocenters. The molecule has 0 radical (unpaired) electrons. The van der Waals surface area contributed by atoms with E-state index in [1.807, 2.05) is 32.0 Å². The summed E-state index contributed by atoms with van der Waals surface area (Å²) in [5, 5.41) is 2.79. The lowest BCUT2D eigenvalue weighted by Gasteiger charge is -2.22. The Bertz CT molecular complexity index is 737. The zero-order chi connectivity index (χ0) is 18.4. The number of carbonyl (C=O) groups excluding carboxylic acids is 2. The molecule has 0 atom stereocenters. The van der Waals surface area contributed by atoms with E-state index in [0.29, 0.717) is 13.1 Å². The lowest BCUT2D eigenvalue weighted by Crippen LogP contribution is -2.33. The van der Waals surface area contributed by atoms with E-state index in [-0.39, 0.29) is 24.1 Å². The second-order valence-corrected chi connectivity index (χ2v) is 6.17. The fourth-order valence-electron chi connectivity index (χ4n) is 2.68. The van der Waals surface area contributed by atoms with Crippen LogP contribution in [0.5, 0.6) is 0 Å². The minimum Gasteiger partial charge on any atom is -0.352 e. The zero-order valence-corrected chi connectivity index (χ0v) is 14.8. The van der Waals surface area contributed by atoms with Gasteiger partial charge in [0.2, 0.25) is 11.8 Å². The zero-order valence-electron chi connectivity index (χ0n) is 14.8. The van der Waals surface area contributed by atoms with Crippen molar-refractivity contribution in [2.24, 2.45) is 0 Å². The van der Waals surface area contributed by atoms with Crippen LogP contribution in [0.1, 0.15) is 30.0 Å². The van der Waals surface area contributed by atoms with E-state index in [4.69, 9.17) is 0 Å². The van der Waals surface area contributed by atoms with Crippen molar-refractivity contribution >= 4 is 17.5 Å². The van der Waals surface area contributed by atoms with Crippen LogP contribution in [0.15, 0.2) is 42.5 Å². The molecule has 0 aromatic heterocycles. The van der Waals surface area contributed by atoms with Gasteiger partial charge in [-0.2, -0.15) is 0 Å². The summed E-state index contributed by atoms with van der Waals surface area (Å²) in [5.74, 6) is -0.558. The molecule has 0 bridgehead atoms. The Balaban J connectivity index is 1.93. The molecule has 2 amide bonds. The van der Waals surface area contributed by atoms with Gasteiger partial charge in [0.05, 0.1) is 0 Å². The van der Waals surface area contributed by atoms with Gasteiger partial charge in [-0.3, -0.25) is 9.59 Å². The molecule has 2 rings (SSSR count). The predicted molar refractivity (Wildman–Crippen MR) is 96.8 cm³/mol. The first-order valence-electron chi connectivity index (χ1n) is 8.22. The van der Waals surface area contributed by atoms with E-state index < -0.39 is 0 Å². The summed E-state index contributed by atoms with van der Waals surface area (Å²) in [6, 6.07) is 11.9. The highest BCUT2D eigenvalue weighted by atomic mass is 19.1. The number of aryl methyl sites for hydroxylation is 2. The summed E-state index contributed by atoms with van der Waals surface area (Å²) >= 11 is 0. The molecule has 1 N–H and O–H groups in total. The van der Waals surface area contributed by atoms with Crippen molar-refractivity contribution in [3.63, 3.8) is 0 Å². The molecule has 0 aliphatic rings. The summed E-state index contributed by atoms with van der Waals surface area (Å²) < 4.78 is 12.9. The van der Waals surface area contributed by atoms with Crippen molar-refractivity contribution in [3.8, 4) is 0 Å². The Hall–Kier alpha value is -2.69. The normalized spacial score (nSPS) is 10.4. The largest absolute Gasteiger partial charge is 0.352 e. The summed E-state index contributed by atoms with van der Waals surface area (Å²) in [4.78, 5) is 25.6. The maximum absolute atomic E-state index is 12.9. The molecule has 25 heavy (non-hydrogen) atoms. The van der Waals surface area contributed by atoms with E-state index in [1.54, 1.807) is 17.0 Å². The first-order valence-corrected chi connectivity index (χ1v) is 8.22. The van der Waals surface area contributed by atoms with Gasteiger partial charge < -0.3 is 10.2 Å². The fraction of sp³-hybridized carbons (Fsp3) is 0.300. The van der Waals surface area contributed by atoms with Crippen LogP contribution in [-0.4, -0.2) is 18.4 Å². The smallest absolute Gasteiger partial charge is 0.223 e. The minimum atomic E-state index is -0.305. The van der Waals surface area contributed by atoms with Gasteiger partial charge in [0, 0.05) is 32.1 Å². The Labute approximate surface area is 147 Å². The quantitative estimate of drug-likeness (QED) is 0.873. The van der Waals surface area contributed by atoms with E-state index >= 15 is 0 Å². The van der Waals surface area contributed by atoms with E-state index in [0.717, 1.165) is 22.4 Å². The monoisotopic (exact) mass is 342 g/mol. The second kappa shape index (κ2) is 8.42. The Morgan fingerprint density at radius 2 is 1.64 bits per heavy atom. The van der Waals surface area contributed by atoms with Crippen LogP contribution in [-0.2, 0) is 16.1 Å². The van der Waals surface area contributed by atoms with Crippen molar-refractivity contribution in [1.82, 2.24) is 5.32 Å².